The minimum atomic E-state index is -0.143. The standard InChI is InChI=1S/C16H21ClN2O/c17-14-3-1-2-13(10-14)16(7-8-16)19-15(20)5-4-12-6-9-18-11-12/h1-3,10,12,18H,4-9,11H2,(H,19,20). The molecular weight excluding hydrogens is 272 g/mol. The lowest BCUT2D eigenvalue weighted by atomic mass is 10.0. The lowest BCUT2D eigenvalue weighted by Gasteiger charge is -2.19. The average molecular weight is 293 g/mol. The van der Waals surface area contributed by atoms with Crippen LogP contribution in [0.5, 0.6) is 0 Å². The molecule has 1 aromatic carbocycles. The molecule has 1 aliphatic heterocycles. The molecule has 2 fully saturated rings. The van der Waals surface area contributed by atoms with E-state index in [1.807, 2.05) is 18.2 Å². The van der Waals surface area contributed by atoms with Gasteiger partial charge in [0.25, 0.3) is 0 Å². The van der Waals surface area contributed by atoms with Crippen LogP contribution >= 0.6 is 11.6 Å². The number of nitrogens with one attached hydrogen (secondary N) is 2. The highest BCUT2D eigenvalue weighted by molar-refractivity contribution is 6.30. The second-order valence-electron chi connectivity index (χ2n) is 6.04. The fourth-order valence-electron chi connectivity index (χ4n) is 3.02. The molecule has 1 saturated carbocycles. The van der Waals surface area contributed by atoms with Gasteiger partial charge in [0.2, 0.25) is 5.91 Å². The topological polar surface area (TPSA) is 41.1 Å². The van der Waals surface area contributed by atoms with Crippen molar-refractivity contribution in [3.05, 3.63) is 34.9 Å². The fourth-order valence-corrected chi connectivity index (χ4v) is 3.21. The minimum Gasteiger partial charge on any atom is -0.347 e. The maximum atomic E-state index is 12.1. The van der Waals surface area contributed by atoms with Gasteiger partial charge in [-0.15, -0.1) is 0 Å². The molecule has 2 aliphatic rings. The van der Waals surface area contributed by atoms with Crippen LogP contribution in [0.4, 0.5) is 0 Å². The molecule has 2 N–H and O–H groups in total. The van der Waals surface area contributed by atoms with Crippen molar-refractivity contribution in [3.8, 4) is 0 Å². The highest BCUT2D eigenvalue weighted by Gasteiger charge is 2.45. The monoisotopic (exact) mass is 292 g/mol. The Balaban J connectivity index is 1.55. The van der Waals surface area contributed by atoms with Gasteiger partial charge in [0.1, 0.15) is 0 Å². The van der Waals surface area contributed by atoms with Crippen molar-refractivity contribution in [3.63, 3.8) is 0 Å². The van der Waals surface area contributed by atoms with Crippen LogP contribution in [0.1, 0.15) is 37.7 Å². The highest BCUT2D eigenvalue weighted by atomic mass is 35.5. The maximum Gasteiger partial charge on any atom is 0.220 e. The number of carbonyl (C=O) groups is 1. The van der Waals surface area contributed by atoms with E-state index in [0.29, 0.717) is 12.3 Å². The molecule has 1 aliphatic carbocycles. The lowest BCUT2D eigenvalue weighted by Crippen LogP contribution is -2.35. The van der Waals surface area contributed by atoms with Crippen LogP contribution in [-0.2, 0) is 10.3 Å². The molecule has 0 aromatic heterocycles. The molecular formula is C16H21ClN2O. The smallest absolute Gasteiger partial charge is 0.220 e. The van der Waals surface area contributed by atoms with Gasteiger partial charge in [-0.1, -0.05) is 23.7 Å². The van der Waals surface area contributed by atoms with Crippen molar-refractivity contribution < 1.29 is 4.79 Å². The zero-order valence-corrected chi connectivity index (χ0v) is 12.4. The maximum absolute atomic E-state index is 12.1. The van der Waals surface area contributed by atoms with Crippen LogP contribution in [0.25, 0.3) is 0 Å². The number of halogens is 1. The first kappa shape index (κ1) is 13.9. The Bertz CT molecular complexity index is 493. The molecule has 3 rings (SSSR count). The SMILES string of the molecule is O=C(CCC1CCNC1)NC1(c2cccc(Cl)c2)CC1. The minimum absolute atomic E-state index is 0.143. The van der Waals surface area contributed by atoms with E-state index in [2.05, 4.69) is 16.7 Å². The Hall–Kier alpha value is -1.06. The summed E-state index contributed by atoms with van der Waals surface area (Å²) >= 11 is 6.04. The molecule has 1 atom stereocenters. The molecule has 1 saturated heterocycles. The van der Waals surface area contributed by atoms with Gasteiger partial charge in [0.15, 0.2) is 0 Å². The van der Waals surface area contributed by atoms with E-state index in [4.69, 9.17) is 11.6 Å². The summed E-state index contributed by atoms with van der Waals surface area (Å²) in [5.74, 6) is 0.844. The second-order valence-corrected chi connectivity index (χ2v) is 6.47. The third-order valence-corrected chi connectivity index (χ3v) is 4.68. The second kappa shape index (κ2) is 5.74. The van der Waals surface area contributed by atoms with Crippen molar-refractivity contribution in [1.29, 1.82) is 0 Å². The molecule has 1 amide bonds. The third-order valence-electron chi connectivity index (χ3n) is 4.45. The summed E-state index contributed by atoms with van der Waals surface area (Å²) in [4.78, 5) is 12.1. The molecule has 0 spiro atoms. The third kappa shape index (κ3) is 3.15. The molecule has 108 valence electrons. The van der Waals surface area contributed by atoms with Gasteiger partial charge in [-0.2, -0.15) is 0 Å². The lowest BCUT2D eigenvalue weighted by molar-refractivity contribution is -0.122. The Labute approximate surface area is 125 Å². The highest BCUT2D eigenvalue weighted by Crippen LogP contribution is 2.46. The largest absolute Gasteiger partial charge is 0.347 e. The summed E-state index contributed by atoms with van der Waals surface area (Å²) in [5, 5.41) is 7.30. The summed E-state index contributed by atoms with van der Waals surface area (Å²) < 4.78 is 0. The summed E-state index contributed by atoms with van der Waals surface area (Å²) in [7, 11) is 0. The zero-order chi connectivity index (χ0) is 14.0. The predicted octanol–water partition coefficient (Wildman–Crippen LogP) is 2.84. The number of hydrogen-bond acceptors (Lipinski definition) is 2. The van der Waals surface area contributed by atoms with E-state index in [1.54, 1.807) is 0 Å². The number of benzene rings is 1. The van der Waals surface area contributed by atoms with Gasteiger partial charge < -0.3 is 10.6 Å². The number of hydrogen-bond donors (Lipinski definition) is 2. The van der Waals surface area contributed by atoms with Crippen LogP contribution in [0, 0.1) is 5.92 Å². The Morgan fingerprint density at radius 1 is 1.45 bits per heavy atom. The summed E-state index contributed by atoms with van der Waals surface area (Å²) in [6.07, 6.45) is 4.86. The summed E-state index contributed by atoms with van der Waals surface area (Å²) in [6.45, 7) is 2.16. The first-order valence-corrected chi connectivity index (χ1v) is 7.83. The number of amides is 1. The quantitative estimate of drug-likeness (QED) is 0.876. The number of carbonyl (C=O) groups excluding carboxylic acids is 1. The summed E-state index contributed by atoms with van der Waals surface area (Å²) in [6, 6.07) is 7.85. The molecule has 3 nitrogen and oxygen atoms in total. The van der Waals surface area contributed by atoms with Gasteiger partial charge >= 0.3 is 0 Å². The van der Waals surface area contributed by atoms with Crippen molar-refractivity contribution >= 4 is 17.5 Å². The van der Waals surface area contributed by atoms with Crippen LogP contribution in [0.3, 0.4) is 0 Å². The van der Waals surface area contributed by atoms with Crippen molar-refractivity contribution in [2.75, 3.05) is 13.1 Å². The first-order valence-electron chi connectivity index (χ1n) is 7.46. The van der Waals surface area contributed by atoms with Crippen LogP contribution in [0.15, 0.2) is 24.3 Å². The van der Waals surface area contributed by atoms with Gasteiger partial charge in [-0.05, 0) is 62.4 Å². The van der Waals surface area contributed by atoms with E-state index in [0.717, 1.165) is 42.9 Å². The van der Waals surface area contributed by atoms with E-state index in [1.165, 1.54) is 6.42 Å². The zero-order valence-electron chi connectivity index (χ0n) is 11.6. The summed E-state index contributed by atoms with van der Waals surface area (Å²) in [5.41, 5.74) is 0.997. The van der Waals surface area contributed by atoms with Crippen LogP contribution < -0.4 is 10.6 Å². The van der Waals surface area contributed by atoms with E-state index in [-0.39, 0.29) is 11.4 Å². The molecule has 20 heavy (non-hydrogen) atoms. The molecule has 0 bridgehead atoms. The molecule has 4 heteroatoms. The van der Waals surface area contributed by atoms with Gasteiger partial charge in [-0.3, -0.25) is 4.79 Å². The van der Waals surface area contributed by atoms with Crippen molar-refractivity contribution in [2.24, 2.45) is 5.92 Å². The average Bonchev–Trinajstić information content (AvgIpc) is 3.02. The van der Waals surface area contributed by atoms with E-state index in [9.17, 15) is 4.79 Å². The predicted molar refractivity (Wildman–Crippen MR) is 80.7 cm³/mol. The van der Waals surface area contributed by atoms with Crippen LogP contribution in [-0.4, -0.2) is 19.0 Å². The van der Waals surface area contributed by atoms with Gasteiger partial charge in [-0.25, -0.2) is 0 Å². The van der Waals surface area contributed by atoms with E-state index < -0.39 is 0 Å². The number of rotatable bonds is 5. The Morgan fingerprint density at radius 2 is 2.30 bits per heavy atom. The molecule has 0 radical (unpaired) electrons. The fraction of sp³-hybridized carbons (Fsp3) is 0.562. The normalized spacial score (nSPS) is 23.6. The van der Waals surface area contributed by atoms with Crippen LogP contribution in [0.2, 0.25) is 5.02 Å². The first-order chi connectivity index (χ1) is 9.68. The van der Waals surface area contributed by atoms with Gasteiger partial charge in [0, 0.05) is 11.4 Å². The Kier molecular flexibility index (Phi) is 3.99. The Morgan fingerprint density at radius 3 is 2.95 bits per heavy atom. The van der Waals surface area contributed by atoms with Crippen molar-refractivity contribution in [2.45, 2.75) is 37.6 Å². The van der Waals surface area contributed by atoms with Gasteiger partial charge in [0.05, 0.1) is 5.54 Å². The van der Waals surface area contributed by atoms with E-state index >= 15 is 0 Å². The van der Waals surface area contributed by atoms with Crippen molar-refractivity contribution in [1.82, 2.24) is 10.6 Å². The molecule has 1 aromatic rings. The molecule has 1 unspecified atom stereocenters. The molecule has 1 heterocycles.